The van der Waals surface area contributed by atoms with Crippen molar-refractivity contribution in [1.82, 2.24) is 10.3 Å². The second-order valence-corrected chi connectivity index (χ2v) is 6.11. The first-order valence-electron chi connectivity index (χ1n) is 6.70. The van der Waals surface area contributed by atoms with Gasteiger partial charge in [-0.1, -0.05) is 30.7 Å². The number of likely N-dealkylation sites (N-methyl/N-ethyl adjacent to an activating group) is 1. The van der Waals surface area contributed by atoms with E-state index >= 15 is 0 Å². The minimum Gasteiger partial charge on any atom is -0.310 e. The fraction of sp³-hybridized carbons (Fsp3) is 0.312. The molecule has 0 fully saturated rings. The number of benzene rings is 1. The Bertz CT molecular complexity index is 569. The summed E-state index contributed by atoms with van der Waals surface area (Å²) in [6.45, 7) is 5.07. The summed E-state index contributed by atoms with van der Waals surface area (Å²) >= 11 is 9.51. The highest BCUT2D eigenvalue weighted by Crippen LogP contribution is 2.23. The monoisotopic (exact) mass is 352 g/mol. The van der Waals surface area contributed by atoms with Gasteiger partial charge in [0.25, 0.3) is 0 Å². The topological polar surface area (TPSA) is 24.9 Å². The summed E-state index contributed by atoms with van der Waals surface area (Å²) in [5, 5.41) is 4.32. The SMILES string of the molecule is CCNC(Cc1ccc(Br)cn1)c1ccc(Cl)c(C)c1. The molecule has 1 aromatic carbocycles. The first-order chi connectivity index (χ1) is 9.60. The van der Waals surface area contributed by atoms with Gasteiger partial charge in [-0.25, -0.2) is 0 Å². The van der Waals surface area contributed by atoms with E-state index < -0.39 is 0 Å². The molecular weight excluding hydrogens is 336 g/mol. The quantitative estimate of drug-likeness (QED) is 0.843. The molecule has 0 saturated carbocycles. The average Bonchev–Trinajstić information content (AvgIpc) is 2.44. The summed E-state index contributed by atoms with van der Waals surface area (Å²) in [6, 6.07) is 10.5. The number of pyridine rings is 1. The van der Waals surface area contributed by atoms with E-state index in [9.17, 15) is 0 Å². The van der Waals surface area contributed by atoms with Crippen molar-refractivity contribution in [1.29, 1.82) is 0 Å². The molecule has 1 unspecified atom stereocenters. The molecule has 2 aromatic rings. The zero-order chi connectivity index (χ0) is 14.5. The number of aryl methyl sites for hydroxylation is 1. The van der Waals surface area contributed by atoms with Crippen LogP contribution >= 0.6 is 27.5 Å². The van der Waals surface area contributed by atoms with Crippen molar-refractivity contribution in [2.24, 2.45) is 0 Å². The van der Waals surface area contributed by atoms with E-state index in [1.54, 1.807) is 0 Å². The summed E-state index contributed by atoms with van der Waals surface area (Å²) in [5.41, 5.74) is 3.43. The zero-order valence-electron chi connectivity index (χ0n) is 11.7. The molecule has 1 N–H and O–H groups in total. The van der Waals surface area contributed by atoms with Crippen LogP contribution in [0.5, 0.6) is 0 Å². The van der Waals surface area contributed by atoms with Gasteiger partial charge in [0, 0.05) is 33.8 Å². The van der Waals surface area contributed by atoms with E-state index in [-0.39, 0.29) is 6.04 Å². The summed E-state index contributed by atoms with van der Waals surface area (Å²) in [5.74, 6) is 0. The molecule has 1 aromatic heterocycles. The highest BCUT2D eigenvalue weighted by molar-refractivity contribution is 9.10. The molecule has 0 saturated heterocycles. The van der Waals surface area contributed by atoms with Crippen molar-refractivity contribution in [3.05, 3.63) is 62.8 Å². The lowest BCUT2D eigenvalue weighted by atomic mass is 10.00. The Morgan fingerprint density at radius 1 is 1.30 bits per heavy atom. The van der Waals surface area contributed by atoms with Crippen LogP contribution in [0.3, 0.4) is 0 Å². The van der Waals surface area contributed by atoms with E-state index in [1.165, 1.54) is 5.56 Å². The molecule has 4 heteroatoms. The van der Waals surface area contributed by atoms with Gasteiger partial charge in [-0.05, 0) is 58.7 Å². The lowest BCUT2D eigenvalue weighted by Gasteiger charge is -2.19. The minimum atomic E-state index is 0.254. The standard InChI is InChI=1S/C16H18BrClN2/c1-3-19-16(9-14-6-5-13(17)10-20-14)12-4-7-15(18)11(2)8-12/h4-8,10,16,19H,3,9H2,1-2H3. The number of nitrogens with zero attached hydrogens (tertiary/aromatic N) is 1. The molecule has 0 spiro atoms. The predicted molar refractivity (Wildman–Crippen MR) is 88.2 cm³/mol. The second-order valence-electron chi connectivity index (χ2n) is 4.79. The highest BCUT2D eigenvalue weighted by atomic mass is 79.9. The van der Waals surface area contributed by atoms with Crippen LogP contribution in [0.4, 0.5) is 0 Å². The Morgan fingerprint density at radius 3 is 2.70 bits per heavy atom. The van der Waals surface area contributed by atoms with Crippen LogP contribution in [0, 0.1) is 6.92 Å². The normalized spacial score (nSPS) is 12.4. The van der Waals surface area contributed by atoms with Crippen LogP contribution in [0.2, 0.25) is 5.02 Å². The third-order valence-electron chi connectivity index (χ3n) is 3.24. The van der Waals surface area contributed by atoms with Crippen molar-refractivity contribution in [3.8, 4) is 0 Å². The highest BCUT2D eigenvalue weighted by Gasteiger charge is 2.13. The molecule has 1 heterocycles. The average molecular weight is 354 g/mol. The van der Waals surface area contributed by atoms with E-state index in [0.717, 1.165) is 33.7 Å². The van der Waals surface area contributed by atoms with E-state index in [4.69, 9.17) is 11.6 Å². The molecule has 0 bridgehead atoms. The molecule has 2 rings (SSSR count). The van der Waals surface area contributed by atoms with Gasteiger partial charge in [-0.2, -0.15) is 0 Å². The molecular formula is C16H18BrClN2. The molecule has 0 aliphatic heterocycles. The van der Waals surface area contributed by atoms with Gasteiger partial charge in [0.05, 0.1) is 0 Å². The maximum absolute atomic E-state index is 6.10. The van der Waals surface area contributed by atoms with Crippen LogP contribution in [-0.2, 0) is 6.42 Å². The lowest BCUT2D eigenvalue weighted by Crippen LogP contribution is -2.23. The largest absolute Gasteiger partial charge is 0.310 e. The van der Waals surface area contributed by atoms with Crippen LogP contribution in [-0.4, -0.2) is 11.5 Å². The molecule has 20 heavy (non-hydrogen) atoms. The zero-order valence-corrected chi connectivity index (χ0v) is 14.0. The Hall–Kier alpha value is -0.900. The van der Waals surface area contributed by atoms with E-state index in [0.29, 0.717) is 0 Å². The third kappa shape index (κ3) is 4.05. The Balaban J connectivity index is 2.21. The van der Waals surface area contributed by atoms with Gasteiger partial charge in [0.15, 0.2) is 0 Å². The maximum atomic E-state index is 6.10. The number of hydrogen-bond acceptors (Lipinski definition) is 2. The smallest absolute Gasteiger partial charge is 0.0435 e. The molecule has 0 aliphatic carbocycles. The fourth-order valence-corrected chi connectivity index (χ4v) is 2.53. The Morgan fingerprint density at radius 2 is 2.10 bits per heavy atom. The summed E-state index contributed by atoms with van der Waals surface area (Å²) in [4.78, 5) is 4.45. The molecule has 0 radical (unpaired) electrons. The van der Waals surface area contributed by atoms with Crippen molar-refractivity contribution >= 4 is 27.5 Å². The summed E-state index contributed by atoms with van der Waals surface area (Å²) in [7, 11) is 0. The summed E-state index contributed by atoms with van der Waals surface area (Å²) < 4.78 is 1.00. The number of nitrogens with one attached hydrogen (secondary N) is 1. The number of hydrogen-bond donors (Lipinski definition) is 1. The molecule has 2 nitrogen and oxygen atoms in total. The van der Waals surface area contributed by atoms with Gasteiger partial charge in [-0.15, -0.1) is 0 Å². The van der Waals surface area contributed by atoms with Gasteiger partial charge >= 0.3 is 0 Å². The Labute approximate surface area is 133 Å². The second kappa shape index (κ2) is 7.21. The molecule has 0 amide bonds. The Kier molecular flexibility index (Phi) is 5.58. The maximum Gasteiger partial charge on any atom is 0.0435 e. The predicted octanol–water partition coefficient (Wildman–Crippen LogP) is 4.70. The third-order valence-corrected chi connectivity index (χ3v) is 4.13. The van der Waals surface area contributed by atoms with E-state index in [2.05, 4.69) is 51.4 Å². The van der Waals surface area contributed by atoms with Crippen LogP contribution in [0.1, 0.15) is 29.8 Å². The van der Waals surface area contributed by atoms with Gasteiger partial charge < -0.3 is 5.32 Å². The van der Waals surface area contributed by atoms with Crippen molar-refractivity contribution in [2.75, 3.05) is 6.54 Å². The van der Waals surface area contributed by atoms with Crippen molar-refractivity contribution < 1.29 is 0 Å². The number of halogens is 2. The van der Waals surface area contributed by atoms with Crippen molar-refractivity contribution in [2.45, 2.75) is 26.3 Å². The van der Waals surface area contributed by atoms with Crippen LogP contribution in [0.25, 0.3) is 0 Å². The summed E-state index contributed by atoms with van der Waals surface area (Å²) in [6.07, 6.45) is 2.70. The first kappa shape index (κ1) is 15.5. The van der Waals surface area contributed by atoms with Gasteiger partial charge in [0.2, 0.25) is 0 Å². The van der Waals surface area contributed by atoms with Gasteiger partial charge in [-0.3, -0.25) is 4.98 Å². The first-order valence-corrected chi connectivity index (χ1v) is 7.87. The lowest BCUT2D eigenvalue weighted by molar-refractivity contribution is 0.544. The van der Waals surface area contributed by atoms with E-state index in [1.807, 2.05) is 25.3 Å². The molecule has 106 valence electrons. The van der Waals surface area contributed by atoms with Crippen molar-refractivity contribution in [3.63, 3.8) is 0 Å². The fourth-order valence-electron chi connectivity index (χ4n) is 2.18. The van der Waals surface area contributed by atoms with Crippen LogP contribution in [0.15, 0.2) is 41.0 Å². The van der Waals surface area contributed by atoms with Crippen LogP contribution < -0.4 is 5.32 Å². The molecule has 0 aliphatic rings. The number of rotatable bonds is 5. The number of aromatic nitrogens is 1. The van der Waals surface area contributed by atoms with Gasteiger partial charge in [0.1, 0.15) is 0 Å². The molecule has 1 atom stereocenters. The minimum absolute atomic E-state index is 0.254.